The van der Waals surface area contributed by atoms with Crippen molar-refractivity contribution in [1.29, 1.82) is 0 Å². The number of hydrogen-bond acceptors (Lipinski definition) is 3. The lowest BCUT2D eigenvalue weighted by atomic mass is 10.3. The Balaban J connectivity index is 0.000000606. The molecule has 0 amide bonds. The molecule has 16 heavy (non-hydrogen) atoms. The highest BCUT2D eigenvalue weighted by molar-refractivity contribution is 5.25. The van der Waals surface area contributed by atoms with Crippen molar-refractivity contribution in [3.8, 4) is 11.6 Å². The van der Waals surface area contributed by atoms with Crippen LogP contribution in [0.5, 0.6) is 11.6 Å². The maximum absolute atomic E-state index is 5.48. The predicted octanol–water partition coefficient (Wildman–Crippen LogP) is 3.60. The largest absolute Gasteiger partial charge is 0.439 e. The Kier molecular flexibility index (Phi) is 4.99. The van der Waals surface area contributed by atoms with Gasteiger partial charge < -0.3 is 4.74 Å². The minimum Gasteiger partial charge on any atom is -0.439 e. The highest BCUT2D eigenvalue weighted by Crippen LogP contribution is 2.17. The van der Waals surface area contributed by atoms with Crippen LogP contribution in [0.1, 0.15) is 19.4 Å². The smallest absolute Gasteiger partial charge is 0.219 e. The summed E-state index contributed by atoms with van der Waals surface area (Å²) in [5.74, 6) is 1.35. The monoisotopic (exact) mass is 216 g/mol. The summed E-state index contributed by atoms with van der Waals surface area (Å²) in [5.41, 5.74) is 1.12. The molecule has 0 aliphatic carbocycles. The van der Waals surface area contributed by atoms with Gasteiger partial charge in [0.1, 0.15) is 5.75 Å². The molecular weight excluding hydrogens is 200 g/mol. The molecule has 84 valence electrons. The molecule has 0 bridgehead atoms. The zero-order valence-electron chi connectivity index (χ0n) is 9.84. The fourth-order valence-electron chi connectivity index (χ4n) is 1.04. The van der Waals surface area contributed by atoms with Crippen LogP contribution < -0.4 is 4.74 Å². The van der Waals surface area contributed by atoms with Gasteiger partial charge in [0.25, 0.3) is 0 Å². The third-order valence-corrected chi connectivity index (χ3v) is 1.76. The van der Waals surface area contributed by atoms with E-state index in [9.17, 15) is 0 Å². The fraction of sp³-hybridized carbons (Fsp3) is 0.231. The minimum absolute atomic E-state index is 0.599. The summed E-state index contributed by atoms with van der Waals surface area (Å²) >= 11 is 0. The van der Waals surface area contributed by atoms with Crippen molar-refractivity contribution in [2.24, 2.45) is 0 Å². The van der Waals surface area contributed by atoms with Crippen molar-refractivity contribution in [3.63, 3.8) is 0 Å². The molecule has 0 atom stereocenters. The standard InChI is InChI=1S/C11H10N2O.C2H6/c1-9-2-3-11(13-8-9)14-10-4-6-12-7-5-10;1-2/h2-8H,1H3;1-2H3. The first-order chi connectivity index (χ1) is 7.84. The second kappa shape index (κ2) is 6.56. The van der Waals surface area contributed by atoms with Crippen LogP contribution in [0.25, 0.3) is 0 Å². The maximum atomic E-state index is 5.48. The Morgan fingerprint density at radius 2 is 1.69 bits per heavy atom. The van der Waals surface area contributed by atoms with Crippen LogP contribution in [-0.2, 0) is 0 Å². The summed E-state index contributed by atoms with van der Waals surface area (Å²) in [6, 6.07) is 7.39. The van der Waals surface area contributed by atoms with Crippen molar-refractivity contribution >= 4 is 0 Å². The summed E-state index contributed by atoms with van der Waals surface area (Å²) in [6.45, 7) is 5.99. The van der Waals surface area contributed by atoms with Gasteiger partial charge in [-0.15, -0.1) is 0 Å². The first-order valence-electron chi connectivity index (χ1n) is 5.35. The highest BCUT2D eigenvalue weighted by atomic mass is 16.5. The summed E-state index contributed by atoms with van der Waals surface area (Å²) in [4.78, 5) is 8.03. The molecule has 0 spiro atoms. The molecule has 0 aliphatic heterocycles. The molecule has 0 aliphatic rings. The van der Waals surface area contributed by atoms with Gasteiger partial charge in [0.15, 0.2) is 0 Å². The Hall–Kier alpha value is -1.90. The molecule has 0 N–H and O–H groups in total. The molecule has 2 aromatic rings. The van der Waals surface area contributed by atoms with Gasteiger partial charge in [0, 0.05) is 24.7 Å². The molecule has 0 aromatic carbocycles. The molecule has 0 saturated heterocycles. The fourth-order valence-corrected chi connectivity index (χ4v) is 1.04. The van der Waals surface area contributed by atoms with Crippen molar-refractivity contribution < 1.29 is 4.74 Å². The Morgan fingerprint density at radius 3 is 2.25 bits per heavy atom. The number of pyridine rings is 2. The summed E-state index contributed by atoms with van der Waals surface area (Å²) in [5, 5.41) is 0. The third kappa shape index (κ3) is 3.69. The molecule has 2 heterocycles. The van der Waals surface area contributed by atoms with Crippen LogP contribution in [0.15, 0.2) is 42.9 Å². The number of aryl methyl sites for hydroxylation is 1. The lowest BCUT2D eigenvalue weighted by Crippen LogP contribution is -1.87. The first-order valence-corrected chi connectivity index (χ1v) is 5.35. The average molecular weight is 216 g/mol. The van der Waals surface area contributed by atoms with Gasteiger partial charge in [-0.25, -0.2) is 4.98 Å². The molecule has 3 heteroatoms. The maximum Gasteiger partial charge on any atom is 0.219 e. The molecule has 2 aromatic heterocycles. The average Bonchev–Trinajstić information content (AvgIpc) is 2.36. The van der Waals surface area contributed by atoms with Gasteiger partial charge in [-0.2, -0.15) is 0 Å². The molecule has 2 rings (SSSR count). The Bertz CT molecular complexity index is 398. The van der Waals surface area contributed by atoms with E-state index in [4.69, 9.17) is 4.74 Å². The van der Waals surface area contributed by atoms with Gasteiger partial charge in [0.05, 0.1) is 0 Å². The van der Waals surface area contributed by atoms with Gasteiger partial charge in [-0.3, -0.25) is 4.98 Å². The van der Waals surface area contributed by atoms with Crippen LogP contribution in [0.3, 0.4) is 0 Å². The van der Waals surface area contributed by atoms with Crippen LogP contribution in [-0.4, -0.2) is 9.97 Å². The van der Waals surface area contributed by atoms with Crippen molar-refractivity contribution in [2.45, 2.75) is 20.8 Å². The van der Waals surface area contributed by atoms with Gasteiger partial charge in [-0.05, 0) is 24.6 Å². The lowest BCUT2D eigenvalue weighted by molar-refractivity contribution is 0.462. The number of aromatic nitrogens is 2. The second-order valence-electron chi connectivity index (χ2n) is 2.96. The zero-order valence-corrected chi connectivity index (χ0v) is 9.84. The van der Waals surface area contributed by atoms with E-state index in [-0.39, 0.29) is 0 Å². The van der Waals surface area contributed by atoms with Gasteiger partial charge in [0.2, 0.25) is 5.88 Å². The molecule has 3 nitrogen and oxygen atoms in total. The first kappa shape index (κ1) is 12.2. The molecule has 0 radical (unpaired) electrons. The summed E-state index contributed by atoms with van der Waals surface area (Å²) < 4.78 is 5.48. The molecule has 0 saturated carbocycles. The van der Waals surface area contributed by atoms with E-state index >= 15 is 0 Å². The van der Waals surface area contributed by atoms with Crippen LogP contribution >= 0.6 is 0 Å². The molecule has 0 unspecified atom stereocenters. The Morgan fingerprint density at radius 1 is 1.00 bits per heavy atom. The van der Waals surface area contributed by atoms with E-state index in [1.165, 1.54) is 0 Å². The third-order valence-electron chi connectivity index (χ3n) is 1.76. The quantitative estimate of drug-likeness (QED) is 0.769. The number of rotatable bonds is 2. The van der Waals surface area contributed by atoms with E-state index in [0.29, 0.717) is 5.88 Å². The summed E-state index contributed by atoms with van der Waals surface area (Å²) in [7, 11) is 0. The SMILES string of the molecule is CC.Cc1ccc(Oc2ccncc2)nc1. The predicted molar refractivity (Wildman–Crippen MR) is 64.6 cm³/mol. The zero-order chi connectivity index (χ0) is 11.8. The minimum atomic E-state index is 0.599. The second-order valence-corrected chi connectivity index (χ2v) is 2.96. The van der Waals surface area contributed by atoms with Gasteiger partial charge in [-0.1, -0.05) is 19.9 Å². The topological polar surface area (TPSA) is 35.0 Å². The van der Waals surface area contributed by atoms with Crippen LogP contribution in [0, 0.1) is 6.92 Å². The lowest BCUT2D eigenvalue weighted by Gasteiger charge is -2.03. The van der Waals surface area contributed by atoms with Crippen LogP contribution in [0.4, 0.5) is 0 Å². The number of hydrogen-bond donors (Lipinski definition) is 0. The number of ether oxygens (including phenoxy) is 1. The van der Waals surface area contributed by atoms with E-state index in [1.807, 2.05) is 32.9 Å². The summed E-state index contributed by atoms with van der Waals surface area (Å²) in [6.07, 6.45) is 5.14. The van der Waals surface area contributed by atoms with E-state index in [0.717, 1.165) is 11.3 Å². The van der Waals surface area contributed by atoms with Crippen molar-refractivity contribution in [2.75, 3.05) is 0 Å². The van der Waals surface area contributed by atoms with Gasteiger partial charge >= 0.3 is 0 Å². The van der Waals surface area contributed by atoms with E-state index in [2.05, 4.69) is 9.97 Å². The highest BCUT2D eigenvalue weighted by Gasteiger charge is 1.96. The van der Waals surface area contributed by atoms with Crippen LogP contribution in [0.2, 0.25) is 0 Å². The number of nitrogens with zero attached hydrogens (tertiary/aromatic N) is 2. The van der Waals surface area contributed by atoms with E-state index in [1.54, 1.807) is 30.7 Å². The Labute approximate surface area is 96.1 Å². The normalized spacial score (nSPS) is 8.94. The van der Waals surface area contributed by atoms with E-state index < -0.39 is 0 Å². The molecular formula is C13H16N2O. The molecule has 0 fully saturated rings. The van der Waals surface area contributed by atoms with Crippen molar-refractivity contribution in [3.05, 3.63) is 48.4 Å². The van der Waals surface area contributed by atoms with Crippen molar-refractivity contribution in [1.82, 2.24) is 9.97 Å².